The molecule has 1 aromatic carbocycles. The lowest BCUT2D eigenvalue weighted by molar-refractivity contribution is 0.297. The van der Waals surface area contributed by atoms with Gasteiger partial charge < -0.3 is 14.8 Å². The molecule has 0 bridgehead atoms. The van der Waals surface area contributed by atoms with Crippen molar-refractivity contribution in [2.75, 3.05) is 25.1 Å². The summed E-state index contributed by atoms with van der Waals surface area (Å²) in [5, 5.41) is 4.52. The van der Waals surface area contributed by atoms with Gasteiger partial charge in [0, 0.05) is 24.4 Å². The number of aromatic nitrogens is 1. The lowest BCUT2D eigenvalue weighted by atomic mass is 10.1. The van der Waals surface area contributed by atoms with Gasteiger partial charge in [-0.25, -0.2) is 4.98 Å². The van der Waals surface area contributed by atoms with E-state index in [0.29, 0.717) is 13.2 Å². The van der Waals surface area contributed by atoms with Crippen LogP contribution in [-0.2, 0) is 6.42 Å². The number of aryl methyl sites for hydroxylation is 1. The molecule has 1 aliphatic rings. The van der Waals surface area contributed by atoms with Crippen molar-refractivity contribution in [3.63, 3.8) is 0 Å². The zero-order chi connectivity index (χ0) is 14.7. The second kappa shape index (κ2) is 6.20. The van der Waals surface area contributed by atoms with E-state index in [1.165, 1.54) is 5.56 Å². The molecule has 4 nitrogen and oxygen atoms in total. The summed E-state index contributed by atoms with van der Waals surface area (Å²) in [5.74, 6) is 2.62. The van der Waals surface area contributed by atoms with Crippen molar-refractivity contribution in [1.82, 2.24) is 4.98 Å². The van der Waals surface area contributed by atoms with E-state index in [4.69, 9.17) is 14.5 Å². The second-order valence-electron chi connectivity index (χ2n) is 5.32. The van der Waals surface area contributed by atoms with Gasteiger partial charge in [-0.05, 0) is 30.5 Å². The third-order valence-electron chi connectivity index (χ3n) is 3.69. The lowest BCUT2D eigenvalue weighted by Crippen LogP contribution is -2.05. The average molecular weight is 286 g/mol. The topological polar surface area (TPSA) is 43.4 Å². The first-order valence-corrected chi connectivity index (χ1v) is 7.79. The Hall–Kier alpha value is -1.97. The normalized spacial score (nSPS) is 14.0. The van der Waals surface area contributed by atoms with Gasteiger partial charge in [0.2, 0.25) is 0 Å². The zero-order valence-corrected chi connectivity index (χ0v) is 12.7. The Labute approximate surface area is 125 Å². The molecule has 112 valence electrons. The summed E-state index contributed by atoms with van der Waals surface area (Å²) in [5.41, 5.74) is 2.19. The molecule has 0 radical (unpaired) electrons. The van der Waals surface area contributed by atoms with Crippen LogP contribution in [0.4, 0.5) is 5.82 Å². The van der Waals surface area contributed by atoms with Crippen LogP contribution in [0.15, 0.2) is 18.2 Å². The van der Waals surface area contributed by atoms with Gasteiger partial charge in [-0.1, -0.05) is 13.8 Å². The number of ether oxygens (including phenoxy) is 2. The van der Waals surface area contributed by atoms with Crippen LogP contribution in [0.3, 0.4) is 0 Å². The molecule has 1 N–H and O–H groups in total. The van der Waals surface area contributed by atoms with E-state index in [0.717, 1.165) is 54.0 Å². The number of rotatable bonds is 4. The number of benzene rings is 1. The average Bonchev–Trinajstić information content (AvgIpc) is 2.74. The largest absolute Gasteiger partial charge is 0.490 e. The summed E-state index contributed by atoms with van der Waals surface area (Å²) in [6.45, 7) is 6.67. The molecule has 0 aliphatic carbocycles. The molecule has 1 aliphatic heterocycles. The first kappa shape index (κ1) is 14.0. The molecule has 0 fully saturated rings. The molecule has 0 saturated heterocycles. The summed E-state index contributed by atoms with van der Waals surface area (Å²) in [4.78, 5) is 4.78. The highest BCUT2D eigenvalue weighted by Gasteiger charge is 2.13. The van der Waals surface area contributed by atoms with Gasteiger partial charge in [-0.3, -0.25) is 0 Å². The summed E-state index contributed by atoms with van der Waals surface area (Å²) < 4.78 is 11.5. The number of fused-ring (bicyclic) bond motifs is 2. The Bertz CT molecular complexity index is 640. The van der Waals surface area contributed by atoms with Crippen LogP contribution >= 0.6 is 0 Å². The Morgan fingerprint density at radius 3 is 2.57 bits per heavy atom. The molecule has 4 heteroatoms. The smallest absolute Gasteiger partial charge is 0.163 e. The Balaban J connectivity index is 2.06. The van der Waals surface area contributed by atoms with Crippen molar-refractivity contribution < 1.29 is 9.47 Å². The highest BCUT2D eigenvalue weighted by atomic mass is 16.5. The molecule has 0 amide bonds. The van der Waals surface area contributed by atoms with Crippen LogP contribution in [0.25, 0.3) is 10.9 Å². The van der Waals surface area contributed by atoms with Crippen LogP contribution in [0.1, 0.15) is 32.3 Å². The second-order valence-corrected chi connectivity index (χ2v) is 5.32. The Morgan fingerprint density at radius 2 is 1.86 bits per heavy atom. The highest BCUT2D eigenvalue weighted by Crippen LogP contribution is 2.35. The number of nitrogens with zero attached hydrogens (tertiary/aromatic N) is 1. The molecule has 0 unspecified atom stereocenters. The standard InChI is InChI=1S/C17H22N2O2/c1-3-6-18-17-12(4-2)9-13-10-15-16(11-14(13)19-17)21-8-5-7-20-15/h9-11H,3-8H2,1-2H3,(H,18,19). The van der Waals surface area contributed by atoms with Crippen LogP contribution in [-0.4, -0.2) is 24.7 Å². The van der Waals surface area contributed by atoms with Gasteiger partial charge in [-0.15, -0.1) is 0 Å². The van der Waals surface area contributed by atoms with E-state index < -0.39 is 0 Å². The predicted octanol–water partition coefficient (Wildman–Crippen LogP) is 3.78. The minimum absolute atomic E-state index is 0.701. The maximum atomic E-state index is 5.76. The molecule has 1 aromatic heterocycles. The minimum Gasteiger partial charge on any atom is -0.490 e. The van der Waals surface area contributed by atoms with E-state index in [2.05, 4.69) is 25.2 Å². The number of hydrogen-bond donors (Lipinski definition) is 1. The van der Waals surface area contributed by atoms with Crippen LogP contribution in [0.5, 0.6) is 11.5 Å². The van der Waals surface area contributed by atoms with Crippen molar-refractivity contribution in [2.45, 2.75) is 33.1 Å². The van der Waals surface area contributed by atoms with Gasteiger partial charge in [0.1, 0.15) is 5.82 Å². The molecule has 21 heavy (non-hydrogen) atoms. The first-order chi connectivity index (χ1) is 10.3. The van der Waals surface area contributed by atoms with Crippen LogP contribution < -0.4 is 14.8 Å². The molecule has 2 heterocycles. The molecule has 3 rings (SSSR count). The third-order valence-corrected chi connectivity index (χ3v) is 3.69. The van der Waals surface area contributed by atoms with Crippen molar-refractivity contribution in [3.05, 3.63) is 23.8 Å². The van der Waals surface area contributed by atoms with Gasteiger partial charge in [0.15, 0.2) is 11.5 Å². The highest BCUT2D eigenvalue weighted by molar-refractivity contribution is 5.85. The van der Waals surface area contributed by atoms with Crippen LogP contribution in [0, 0.1) is 0 Å². The predicted molar refractivity (Wildman–Crippen MR) is 85.5 cm³/mol. The Kier molecular flexibility index (Phi) is 4.13. The molecule has 2 aromatic rings. The molecule has 0 atom stereocenters. The summed E-state index contributed by atoms with van der Waals surface area (Å²) in [6, 6.07) is 6.24. The van der Waals surface area contributed by atoms with E-state index in [1.807, 2.05) is 12.1 Å². The van der Waals surface area contributed by atoms with Gasteiger partial charge >= 0.3 is 0 Å². The summed E-state index contributed by atoms with van der Waals surface area (Å²) in [6.07, 6.45) is 2.97. The van der Waals surface area contributed by atoms with Gasteiger partial charge in [-0.2, -0.15) is 0 Å². The fraction of sp³-hybridized carbons (Fsp3) is 0.471. The maximum Gasteiger partial charge on any atom is 0.163 e. The fourth-order valence-electron chi connectivity index (χ4n) is 2.54. The summed E-state index contributed by atoms with van der Waals surface area (Å²) in [7, 11) is 0. The molecular formula is C17H22N2O2. The van der Waals surface area contributed by atoms with Crippen molar-refractivity contribution in [2.24, 2.45) is 0 Å². The monoisotopic (exact) mass is 286 g/mol. The SMILES string of the molecule is CCCNc1nc2cc3c(cc2cc1CC)OCCCO3. The van der Waals surface area contributed by atoms with E-state index in [1.54, 1.807) is 0 Å². The summed E-state index contributed by atoms with van der Waals surface area (Å²) >= 11 is 0. The number of hydrogen-bond acceptors (Lipinski definition) is 4. The fourth-order valence-corrected chi connectivity index (χ4v) is 2.54. The van der Waals surface area contributed by atoms with E-state index >= 15 is 0 Å². The van der Waals surface area contributed by atoms with Crippen molar-refractivity contribution in [3.8, 4) is 11.5 Å². The number of pyridine rings is 1. The van der Waals surface area contributed by atoms with Crippen molar-refractivity contribution in [1.29, 1.82) is 0 Å². The molecule has 0 saturated carbocycles. The maximum absolute atomic E-state index is 5.76. The first-order valence-electron chi connectivity index (χ1n) is 7.79. The lowest BCUT2D eigenvalue weighted by Gasteiger charge is -2.13. The van der Waals surface area contributed by atoms with E-state index in [-0.39, 0.29) is 0 Å². The number of anilines is 1. The van der Waals surface area contributed by atoms with E-state index in [9.17, 15) is 0 Å². The zero-order valence-electron chi connectivity index (χ0n) is 12.7. The minimum atomic E-state index is 0.701. The number of nitrogens with one attached hydrogen (secondary N) is 1. The third kappa shape index (κ3) is 2.89. The van der Waals surface area contributed by atoms with Gasteiger partial charge in [0.05, 0.1) is 18.7 Å². The van der Waals surface area contributed by atoms with Gasteiger partial charge in [0.25, 0.3) is 0 Å². The Morgan fingerprint density at radius 1 is 1.10 bits per heavy atom. The quantitative estimate of drug-likeness (QED) is 0.929. The molecule has 0 spiro atoms. The van der Waals surface area contributed by atoms with Crippen molar-refractivity contribution >= 4 is 16.7 Å². The molecular weight excluding hydrogens is 264 g/mol. The van der Waals surface area contributed by atoms with Crippen LogP contribution in [0.2, 0.25) is 0 Å².